The van der Waals surface area contributed by atoms with Crippen molar-refractivity contribution in [1.29, 1.82) is 0 Å². The number of hydrogen-bond donors (Lipinski definition) is 2. The van der Waals surface area contributed by atoms with E-state index in [-0.39, 0.29) is 0 Å². The summed E-state index contributed by atoms with van der Waals surface area (Å²) in [6, 6.07) is 0. The summed E-state index contributed by atoms with van der Waals surface area (Å²) in [6.45, 7) is 0. The molecule has 2 N–H and O–H groups in total. The quantitative estimate of drug-likeness (QED) is 0.224. The normalized spacial score (nSPS) is 6.36. The standard InChI is InChI=1S/I3.2HNO3/c1-3-2;2*2-1(3)4/h;2*(H,2,3,4)/q-1;;. The van der Waals surface area contributed by atoms with Crippen LogP contribution in [0.4, 0.5) is 0 Å². The van der Waals surface area contributed by atoms with E-state index in [1.807, 2.05) is 0 Å². The molecule has 0 radical (unpaired) electrons. The third-order valence-corrected chi connectivity index (χ3v) is 0. The largest absolute Gasteiger partial charge is 0.328 e. The second-order valence-corrected chi connectivity index (χ2v) is 16.8. The molecule has 70 valence electrons. The Morgan fingerprint density at radius 3 is 1.09 bits per heavy atom. The van der Waals surface area contributed by atoms with E-state index in [0.29, 0.717) is 13.3 Å². The second kappa shape index (κ2) is 16.9. The molecule has 0 aliphatic carbocycles. The molecule has 0 unspecified atom stereocenters. The zero-order valence-electron chi connectivity index (χ0n) is 4.56. The van der Waals surface area contributed by atoms with Crippen molar-refractivity contribution < 1.29 is 33.8 Å². The van der Waals surface area contributed by atoms with Gasteiger partial charge in [-0.25, -0.2) is 0 Å². The van der Waals surface area contributed by atoms with E-state index >= 15 is 0 Å². The molecule has 0 amide bonds. The first-order valence-corrected chi connectivity index (χ1v) is 14.0. The monoisotopic (exact) mass is 507 g/mol. The number of nitrogens with zero attached hydrogens (tertiary/aromatic N) is 2. The Morgan fingerprint density at radius 1 is 1.09 bits per heavy atom. The van der Waals surface area contributed by atoms with Crippen LogP contribution in [-0.2, 0) is 0 Å². The minimum absolute atomic E-state index is 0.530. The first-order valence-electron chi connectivity index (χ1n) is 1.42. The number of rotatable bonds is 0. The average Bonchev–Trinajstić information content (AvgIpc) is 1.60. The molecule has 0 saturated heterocycles. The third kappa shape index (κ3) is 2240. The van der Waals surface area contributed by atoms with Crippen LogP contribution in [0.5, 0.6) is 0 Å². The molecule has 0 saturated carbocycles. The van der Waals surface area contributed by atoms with Crippen molar-refractivity contribution in [2.45, 2.75) is 0 Å². The molecule has 11 heteroatoms. The van der Waals surface area contributed by atoms with Gasteiger partial charge in [0.15, 0.2) is 0 Å². The maximum atomic E-state index is 8.36. The molecule has 0 spiro atoms. The maximum Gasteiger partial charge on any atom is 0.291 e. The fourth-order valence-corrected chi connectivity index (χ4v) is 0. The molecule has 0 aliphatic heterocycles. The molecule has 11 heavy (non-hydrogen) atoms. The van der Waals surface area contributed by atoms with Gasteiger partial charge in [-0.3, -0.25) is 0 Å². The SMILES string of the molecule is I[I-]I.O=[N+]([O-])O.O=[N+]([O-])O. The van der Waals surface area contributed by atoms with Crippen LogP contribution in [0.2, 0.25) is 0 Å². The summed E-state index contributed by atoms with van der Waals surface area (Å²) in [5.74, 6) is 0. The van der Waals surface area contributed by atoms with E-state index < -0.39 is 10.2 Å². The van der Waals surface area contributed by atoms with Crippen LogP contribution < -0.4 is 13.3 Å². The topological polar surface area (TPSA) is 127 Å². The van der Waals surface area contributed by atoms with Gasteiger partial charge < -0.3 is 10.4 Å². The van der Waals surface area contributed by atoms with Crippen molar-refractivity contribution in [3.05, 3.63) is 20.2 Å². The van der Waals surface area contributed by atoms with Gasteiger partial charge in [0.05, 0.1) is 0 Å². The van der Waals surface area contributed by atoms with Crippen molar-refractivity contribution >= 4 is 37.2 Å². The van der Waals surface area contributed by atoms with E-state index in [1.165, 1.54) is 0 Å². The average molecular weight is 507 g/mol. The maximum absolute atomic E-state index is 8.36. The van der Waals surface area contributed by atoms with Crippen LogP contribution in [0.1, 0.15) is 0 Å². The molecule has 0 fully saturated rings. The molecule has 0 heterocycles. The van der Waals surface area contributed by atoms with E-state index in [9.17, 15) is 0 Å². The van der Waals surface area contributed by atoms with Crippen LogP contribution in [0.3, 0.4) is 0 Å². The summed E-state index contributed by atoms with van der Waals surface area (Å²) in [4.78, 5) is 16.7. The summed E-state index contributed by atoms with van der Waals surface area (Å²) < 4.78 is 0. The van der Waals surface area contributed by atoms with Crippen molar-refractivity contribution in [2.24, 2.45) is 0 Å². The molecule has 0 aromatic heterocycles. The van der Waals surface area contributed by atoms with Crippen LogP contribution in [-0.4, -0.2) is 20.6 Å². The minimum atomic E-state index is -1.50. The fraction of sp³-hybridized carbons (Fsp3) is 0. The summed E-state index contributed by atoms with van der Waals surface area (Å²) >= 11 is 5.30. The van der Waals surface area contributed by atoms with Gasteiger partial charge in [0, 0.05) is 0 Å². The van der Waals surface area contributed by atoms with Gasteiger partial charge in [-0.15, -0.1) is 20.2 Å². The Hall–Kier alpha value is 0.590. The molecule has 8 nitrogen and oxygen atoms in total. The predicted octanol–water partition coefficient (Wildman–Crippen LogP) is -1.92. The molecule has 0 atom stereocenters. The fourth-order valence-electron chi connectivity index (χ4n) is 0. The Kier molecular flexibility index (Phi) is 27.1. The first-order chi connectivity index (χ1) is 4.88. The van der Waals surface area contributed by atoms with Crippen molar-refractivity contribution in [3.63, 3.8) is 0 Å². The Balaban J connectivity index is -0.0000000886. The van der Waals surface area contributed by atoms with E-state index in [0.717, 1.165) is 0 Å². The molecule has 0 aromatic rings. The smallest absolute Gasteiger partial charge is 0.291 e. The van der Waals surface area contributed by atoms with Crippen molar-refractivity contribution in [2.75, 3.05) is 0 Å². The second-order valence-electron chi connectivity index (χ2n) is 0.530. The molecule has 0 rings (SSSR count). The number of halogens is 3. The molecular weight excluding hydrogens is 505 g/mol. The van der Waals surface area contributed by atoms with Gasteiger partial charge in [0.1, 0.15) is 0 Å². The zero-order valence-corrected chi connectivity index (χ0v) is 11.0. The predicted molar refractivity (Wildman–Crippen MR) is 45.6 cm³/mol. The molecule has 0 aliphatic rings. The van der Waals surface area contributed by atoms with Crippen LogP contribution in [0.15, 0.2) is 0 Å². The van der Waals surface area contributed by atoms with Crippen molar-refractivity contribution in [1.82, 2.24) is 0 Å². The van der Waals surface area contributed by atoms with E-state index in [4.69, 9.17) is 30.6 Å². The van der Waals surface area contributed by atoms with Crippen LogP contribution >= 0.6 is 37.2 Å². The summed E-state index contributed by atoms with van der Waals surface area (Å²) in [5, 5.41) is 27.3. The third-order valence-electron chi connectivity index (χ3n) is 0. The van der Waals surface area contributed by atoms with Crippen molar-refractivity contribution in [3.8, 4) is 0 Å². The Labute approximate surface area is 90.2 Å². The summed E-state index contributed by atoms with van der Waals surface area (Å²) in [5.41, 5.74) is 0. The van der Waals surface area contributed by atoms with Gasteiger partial charge in [0.25, 0.3) is 10.2 Å². The van der Waals surface area contributed by atoms with E-state index in [1.54, 1.807) is 0 Å². The minimum Gasteiger partial charge on any atom is -0.328 e. The van der Waals surface area contributed by atoms with Gasteiger partial charge in [-0.2, -0.15) is 0 Å². The summed E-state index contributed by atoms with van der Waals surface area (Å²) in [7, 11) is 0. The van der Waals surface area contributed by atoms with E-state index in [2.05, 4.69) is 37.2 Å². The zero-order chi connectivity index (χ0) is 9.86. The number of hydrogen-bond acceptors (Lipinski definition) is 4. The van der Waals surface area contributed by atoms with Gasteiger partial charge in [-0.1, -0.05) is 0 Å². The van der Waals surface area contributed by atoms with Crippen LogP contribution in [0.25, 0.3) is 0 Å². The van der Waals surface area contributed by atoms with Gasteiger partial charge in [0.2, 0.25) is 0 Å². The van der Waals surface area contributed by atoms with Gasteiger partial charge >= 0.3 is 50.5 Å². The molecule has 0 bridgehead atoms. The van der Waals surface area contributed by atoms with Gasteiger partial charge in [-0.05, 0) is 0 Å². The Bertz CT molecular complexity index is 84.0. The summed E-state index contributed by atoms with van der Waals surface area (Å²) in [6.07, 6.45) is 0. The Morgan fingerprint density at radius 2 is 1.09 bits per heavy atom. The first kappa shape index (κ1) is 17.6. The van der Waals surface area contributed by atoms with Crippen LogP contribution in [0, 0.1) is 20.2 Å². The molecular formula is H2I3N2O6-. The molecule has 0 aromatic carbocycles.